The Hall–Kier alpha value is -1.95. The van der Waals surface area contributed by atoms with E-state index in [1.165, 1.54) is 6.07 Å². The molecule has 0 aliphatic carbocycles. The van der Waals surface area contributed by atoms with Gasteiger partial charge in [0.15, 0.2) is 0 Å². The van der Waals surface area contributed by atoms with Crippen LogP contribution in [-0.2, 0) is 0 Å². The van der Waals surface area contributed by atoms with E-state index in [1.54, 1.807) is 36.4 Å². The predicted molar refractivity (Wildman–Crippen MR) is 90.6 cm³/mol. The molecular weight excluding hydrogens is 316 g/mol. The molecule has 0 saturated heterocycles. The van der Waals surface area contributed by atoms with Crippen molar-refractivity contribution in [2.45, 2.75) is 19.1 Å². The van der Waals surface area contributed by atoms with Crippen LogP contribution in [0.5, 0.6) is 0 Å². The van der Waals surface area contributed by atoms with Crippen molar-refractivity contribution in [3.8, 4) is 0 Å². The first-order valence-corrected chi connectivity index (χ1v) is 7.64. The van der Waals surface area contributed by atoms with E-state index in [0.29, 0.717) is 11.6 Å². The van der Waals surface area contributed by atoms with E-state index in [2.05, 4.69) is 0 Å². The van der Waals surface area contributed by atoms with Crippen LogP contribution in [0.15, 0.2) is 48.5 Å². The molecule has 0 aromatic heterocycles. The second-order valence-electron chi connectivity index (χ2n) is 5.53. The van der Waals surface area contributed by atoms with Crippen LogP contribution in [0.2, 0.25) is 5.02 Å². The van der Waals surface area contributed by atoms with Gasteiger partial charge in [-0.25, -0.2) is 0 Å². The summed E-state index contributed by atoms with van der Waals surface area (Å²) in [6.07, 6.45) is -0.654. The summed E-state index contributed by atoms with van der Waals surface area (Å²) in [5.74, 6) is 0. The first-order chi connectivity index (χ1) is 10.9. The fraction of sp³-hybridized carbons (Fsp3) is 0.294. The molecule has 0 bridgehead atoms. The Kier molecular flexibility index (Phi) is 5.71. The molecular formula is C17H19ClN2O3. The van der Waals surface area contributed by atoms with E-state index >= 15 is 0 Å². The monoisotopic (exact) mass is 334 g/mol. The van der Waals surface area contributed by atoms with Crippen molar-refractivity contribution in [1.82, 2.24) is 4.90 Å². The normalized spacial score (nSPS) is 13.8. The molecule has 0 unspecified atom stereocenters. The van der Waals surface area contributed by atoms with Crippen LogP contribution >= 0.6 is 11.6 Å². The Labute approximate surface area is 140 Å². The quantitative estimate of drug-likeness (QED) is 0.641. The van der Waals surface area contributed by atoms with E-state index < -0.39 is 11.0 Å². The Morgan fingerprint density at radius 1 is 1.22 bits per heavy atom. The zero-order chi connectivity index (χ0) is 17.0. The lowest BCUT2D eigenvalue weighted by molar-refractivity contribution is -0.384. The van der Waals surface area contributed by atoms with Gasteiger partial charge in [-0.3, -0.25) is 15.0 Å². The highest BCUT2D eigenvalue weighted by molar-refractivity contribution is 6.30. The van der Waals surface area contributed by atoms with Crippen LogP contribution in [0.4, 0.5) is 5.69 Å². The van der Waals surface area contributed by atoms with Gasteiger partial charge >= 0.3 is 0 Å². The van der Waals surface area contributed by atoms with Crippen molar-refractivity contribution in [1.29, 1.82) is 0 Å². The molecule has 122 valence electrons. The van der Waals surface area contributed by atoms with Gasteiger partial charge in [-0.2, -0.15) is 0 Å². The van der Waals surface area contributed by atoms with E-state index in [-0.39, 0.29) is 11.7 Å². The predicted octanol–water partition coefficient (Wildman–Crippen LogP) is 3.97. The molecule has 2 aromatic carbocycles. The minimum atomic E-state index is -0.654. The number of nitro groups is 1. The highest BCUT2D eigenvalue weighted by Crippen LogP contribution is 2.25. The molecule has 2 atom stereocenters. The van der Waals surface area contributed by atoms with Crippen molar-refractivity contribution >= 4 is 17.3 Å². The van der Waals surface area contributed by atoms with Crippen molar-refractivity contribution in [3.05, 3.63) is 74.8 Å². The molecule has 0 radical (unpaired) electrons. The van der Waals surface area contributed by atoms with Gasteiger partial charge in [0, 0.05) is 29.7 Å². The number of non-ortho nitro benzene ring substituents is 1. The average molecular weight is 335 g/mol. The van der Waals surface area contributed by atoms with Crippen LogP contribution in [0.3, 0.4) is 0 Å². The van der Waals surface area contributed by atoms with Crippen molar-refractivity contribution in [2.24, 2.45) is 0 Å². The highest BCUT2D eigenvalue weighted by atomic mass is 35.5. The molecule has 0 saturated carbocycles. The highest BCUT2D eigenvalue weighted by Gasteiger charge is 2.18. The number of hydrogen-bond donors (Lipinski definition) is 1. The van der Waals surface area contributed by atoms with Gasteiger partial charge in [0.1, 0.15) is 0 Å². The summed E-state index contributed by atoms with van der Waals surface area (Å²) in [7, 11) is 1.88. The number of nitrogens with zero attached hydrogens (tertiary/aromatic N) is 2. The standard InChI is InChI=1S/C17H19ClN2O3/c1-12(14-4-3-5-16(10-14)20(22)23)19(2)11-17(21)13-6-8-15(18)9-7-13/h3-10,12,17,21H,11H2,1-2H3/t12-,17-/m1/s1. The van der Waals surface area contributed by atoms with Crippen molar-refractivity contribution in [2.75, 3.05) is 13.6 Å². The molecule has 6 heteroatoms. The van der Waals surface area contributed by atoms with Crippen molar-refractivity contribution < 1.29 is 10.0 Å². The van der Waals surface area contributed by atoms with E-state index in [4.69, 9.17) is 11.6 Å². The maximum absolute atomic E-state index is 10.9. The molecule has 23 heavy (non-hydrogen) atoms. The fourth-order valence-corrected chi connectivity index (χ4v) is 2.50. The Balaban J connectivity index is 2.07. The smallest absolute Gasteiger partial charge is 0.269 e. The molecule has 1 N–H and O–H groups in total. The third kappa shape index (κ3) is 4.51. The van der Waals surface area contributed by atoms with Gasteiger partial charge in [0.25, 0.3) is 5.69 Å². The molecule has 0 aliphatic heterocycles. The van der Waals surface area contributed by atoms with Gasteiger partial charge in [-0.05, 0) is 37.2 Å². The van der Waals surface area contributed by atoms with Crippen LogP contribution < -0.4 is 0 Å². The zero-order valence-corrected chi connectivity index (χ0v) is 13.8. The number of halogens is 1. The van der Waals surface area contributed by atoms with E-state index in [9.17, 15) is 15.2 Å². The molecule has 5 nitrogen and oxygen atoms in total. The lowest BCUT2D eigenvalue weighted by Crippen LogP contribution is -2.27. The van der Waals surface area contributed by atoms with E-state index in [1.807, 2.05) is 24.9 Å². The van der Waals surface area contributed by atoms with Gasteiger partial charge in [0.2, 0.25) is 0 Å². The maximum Gasteiger partial charge on any atom is 0.269 e. The second-order valence-corrected chi connectivity index (χ2v) is 5.97. The Morgan fingerprint density at radius 3 is 2.48 bits per heavy atom. The maximum atomic E-state index is 10.9. The first kappa shape index (κ1) is 17.4. The number of aliphatic hydroxyl groups is 1. The molecule has 0 aliphatic rings. The molecule has 0 spiro atoms. The number of benzene rings is 2. The lowest BCUT2D eigenvalue weighted by atomic mass is 10.0. The third-order valence-electron chi connectivity index (χ3n) is 3.94. The third-order valence-corrected chi connectivity index (χ3v) is 4.19. The molecule has 2 aromatic rings. The summed E-state index contributed by atoms with van der Waals surface area (Å²) in [6.45, 7) is 2.36. The summed E-state index contributed by atoms with van der Waals surface area (Å²) in [4.78, 5) is 12.4. The van der Waals surface area contributed by atoms with Crippen LogP contribution in [0, 0.1) is 10.1 Å². The summed E-state index contributed by atoms with van der Waals surface area (Å²) < 4.78 is 0. The summed E-state index contributed by atoms with van der Waals surface area (Å²) in [6, 6.07) is 13.6. The second kappa shape index (κ2) is 7.55. The van der Waals surface area contributed by atoms with Gasteiger partial charge in [-0.1, -0.05) is 35.9 Å². The summed E-state index contributed by atoms with van der Waals surface area (Å²) >= 11 is 5.85. The number of likely N-dealkylation sites (N-methyl/N-ethyl adjacent to an activating group) is 1. The number of hydrogen-bond acceptors (Lipinski definition) is 4. The molecule has 0 fully saturated rings. The first-order valence-electron chi connectivity index (χ1n) is 7.26. The van der Waals surface area contributed by atoms with Crippen LogP contribution in [-0.4, -0.2) is 28.5 Å². The Bertz CT molecular complexity index is 676. The van der Waals surface area contributed by atoms with E-state index in [0.717, 1.165) is 11.1 Å². The summed E-state index contributed by atoms with van der Waals surface area (Å²) in [5, 5.41) is 21.8. The molecule has 0 amide bonds. The van der Waals surface area contributed by atoms with Crippen LogP contribution in [0.25, 0.3) is 0 Å². The molecule has 0 heterocycles. The Morgan fingerprint density at radius 2 is 1.87 bits per heavy atom. The zero-order valence-electron chi connectivity index (χ0n) is 13.0. The van der Waals surface area contributed by atoms with Crippen LogP contribution in [0.1, 0.15) is 30.2 Å². The fourth-order valence-electron chi connectivity index (χ4n) is 2.37. The minimum absolute atomic E-state index is 0.0585. The SMILES string of the molecule is C[C@H](c1cccc([N+](=O)[O-])c1)N(C)C[C@@H](O)c1ccc(Cl)cc1. The number of nitro benzene ring substituents is 1. The van der Waals surface area contributed by atoms with Crippen molar-refractivity contribution in [3.63, 3.8) is 0 Å². The summed E-state index contributed by atoms with van der Waals surface area (Å²) in [5.41, 5.74) is 1.69. The topological polar surface area (TPSA) is 66.6 Å². The average Bonchev–Trinajstić information content (AvgIpc) is 2.54. The van der Waals surface area contributed by atoms with Gasteiger partial charge < -0.3 is 5.11 Å². The molecule has 2 rings (SSSR count). The minimum Gasteiger partial charge on any atom is -0.387 e. The number of aliphatic hydroxyl groups excluding tert-OH is 1. The van der Waals surface area contributed by atoms with Gasteiger partial charge in [-0.15, -0.1) is 0 Å². The largest absolute Gasteiger partial charge is 0.387 e. The van der Waals surface area contributed by atoms with Gasteiger partial charge in [0.05, 0.1) is 11.0 Å². The number of rotatable bonds is 6. The lowest BCUT2D eigenvalue weighted by Gasteiger charge is -2.27.